The molecule has 2 aromatic carbocycles. The normalized spacial score (nSPS) is 13.2. The third-order valence-electron chi connectivity index (χ3n) is 3.51. The van der Waals surface area contributed by atoms with Crippen molar-refractivity contribution in [3.05, 3.63) is 68.6 Å². The number of halogens is 2. The van der Waals surface area contributed by atoms with E-state index in [1.165, 1.54) is 11.1 Å². The van der Waals surface area contributed by atoms with Crippen LogP contribution in [-0.4, -0.2) is 0 Å². The van der Waals surface area contributed by atoms with Crippen LogP contribution in [0, 0.1) is 0 Å². The molecule has 20 heavy (non-hydrogen) atoms. The first-order valence-corrected chi connectivity index (χ1v) is 8.26. The highest BCUT2D eigenvalue weighted by atomic mass is 79.9. The van der Waals surface area contributed by atoms with Crippen molar-refractivity contribution < 1.29 is 0 Å². The molecule has 3 heteroatoms. The number of benzene rings is 2. The minimum absolute atomic E-state index is 0.0762. The SMILES string of the molecule is CC(NC(C)(C)c1ccc(Br)cc1)c1ccc(Br)cc1. The van der Waals surface area contributed by atoms with E-state index in [0.29, 0.717) is 6.04 Å². The van der Waals surface area contributed by atoms with Crippen molar-refractivity contribution in [2.24, 2.45) is 0 Å². The van der Waals surface area contributed by atoms with Crippen LogP contribution in [0.1, 0.15) is 37.9 Å². The summed E-state index contributed by atoms with van der Waals surface area (Å²) >= 11 is 6.96. The molecule has 0 bridgehead atoms. The monoisotopic (exact) mass is 395 g/mol. The summed E-state index contributed by atoms with van der Waals surface area (Å²) in [4.78, 5) is 0. The Morgan fingerprint density at radius 1 is 0.850 bits per heavy atom. The Hall–Kier alpha value is -0.640. The van der Waals surface area contributed by atoms with Crippen LogP contribution in [0.5, 0.6) is 0 Å². The third-order valence-corrected chi connectivity index (χ3v) is 4.57. The summed E-state index contributed by atoms with van der Waals surface area (Å²) in [6.07, 6.45) is 0. The first kappa shape index (κ1) is 15.7. The van der Waals surface area contributed by atoms with Crippen LogP contribution in [0.15, 0.2) is 57.5 Å². The largest absolute Gasteiger partial charge is 0.301 e. The lowest BCUT2D eigenvalue weighted by atomic mass is 9.92. The fourth-order valence-electron chi connectivity index (χ4n) is 2.33. The Bertz CT molecular complexity index is 559. The van der Waals surface area contributed by atoms with E-state index in [-0.39, 0.29) is 5.54 Å². The fraction of sp³-hybridized carbons (Fsp3) is 0.294. The molecule has 0 heterocycles. The molecule has 0 amide bonds. The van der Waals surface area contributed by atoms with Crippen molar-refractivity contribution >= 4 is 31.9 Å². The molecule has 1 N–H and O–H groups in total. The van der Waals surface area contributed by atoms with E-state index in [0.717, 1.165) is 8.95 Å². The number of rotatable bonds is 4. The van der Waals surface area contributed by atoms with Crippen molar-refractivity contribution in [2.75, 3.05) is 0 Å². The second-order valence-electron chi connectivity index (χ2n) is 5.55. The van der Waals surface area contributed by atoms with Crippen molar-refractivity contribution in [3.63, 3.8) is 0 Å². The first-order valence-electron chi connectivity index (χ1n) is 6.68. The zero-order chi connectivity index (χ0) is 14.8. The third kappa shape index (κ3) is 3.94. The Balaban J connectivity index is 2.14. The molecule has 1 atom stereocenters. The molecule has 0 aliphatic heterocycles. The molecule has 0 aromatic heterocycles. The average molecular weight is 397 g/mol. The molecular formula is C17H19Br2N. The van der Waals surface area contributed by atoms with E-state index in [9.17, 15) is 0 Å². The van der Waals surface area contributed by atoms with Crippen LogP contribution in [0.25, 0.3) is 0 Å². The molecule has 0 saturated heterocycles. The molecule has 1 unspecified atom stereocenters. The van der Waals surface area contributed by atoms with Crippen molar-refractivity contribution in [1.82, 2.24) is 5.32 Å². The Morgan fingerprint density at radius 2 is 1.30 bits per heavy atom. The maximum Gasteiger partial charge on any atom is 0.0382 e. The molecule has 0 radical (unpaired) electrons. The topological polar surface area (TPSA) is 12.0 Å². The summed E-state index contributed by atoms with van der Waals surface area (Å²) in [6, 6.07) is 17.3. The molecule has 2 aromatic rings. The summed E-state index contributed by atoms with van der Waals surface area (Å²) < 4.78 is 2.22. The van der Waals surface area contributed by atoms with Gasteiger partial charge in [0.15, 0.2) is 0 Å². The Morgan fingerprint density at radius 3 is 1.80 bits per heavy atom. The lowest BCUT2D eigenvalue weighted by molar-refractivity contribution is 0.357. The smallest absolute Gasteiger partial charge is 0.0382 e. The highest BCUT2D eigenvalue weighted by Gasteiger charge is 2.22. The van der Waals surface area contributed by atoms with Crippen LogP contribution in [0.2, 0.25) is 0 Å². The molecule has 2 rings (SSSR count). The Kier molecular flexibility index (Phi) is 5.05. The van der Waals surface area contributed by atoms with Gasteiger partial charge >= 0.3 is 0 Å². The second-order valence-corrected chi connectivity index (χ2v) is 7.38. The number of nitrogens with one attached hydrogen (secondary N) is 1. The van der Waals surface area contributed by atoms with Crippen LogP contribution < -0.4 is 5.32 Å². The van der Waals surface area contributed by atoms with Crippen molar-refractivity contribution in [1.29, 1.82) is 0 Å². The van der Waals surface area contributed by atoms with Crippen molar-refractivity contribution in [2.45, 2.75) is 32.4 Å². The van der Waals surface area contributed by atoms with E-state index in [2.05, 4.69) is 106 Å². The minimum Gasteiger partial charge on any atom is -0.301 e. The molecule has 0 fully saturated rings. The lowest BCUT2D eigenvalue weighted by Gasteiger charge is -2.31. The zero-order valence-corrected chi connectivity index (χ0v) is 15.1. The highest BCUT2D eigenvalue weighted by molar-refractivity contribution is 9.10. The zero-order valence-electron chi connectivity index (χ0n) is 12.0. The maximum atomic E-state index is 3.70. The summed E-state index contributed by atoms with van der Waals surface area (Å²) in [5, 5.41) is 3.70. The van der Waals surface area contributed by atoms with Gasteiger partial charge in [-0.15, -0.1) is 0 Å². The lowest BCUT2D eigenvalue weighted by Crippen LogP contribution is -2.38. The standard InChI is InChI=1S/C17H19Br2N/c1-12(13-4-8-15(18)9-5-13)20-17(2,3)14-6-10-16(19)11-7-14/h4-12,20H,1-3H3. The van der Waals surface area contributed by atoms with Gasteiger partial charge in [0.1, 0.15) is 0 Å². The quantitative estimate of drug-likeness (QED) is 0.688. The summed E-state index contributed by atoms with van der Waals surface area (Å²) in [6.45, 7) is 6.63. The van der Waals surface area contributed by atoms with Gasteiger partial charge in [0.05, 0.1) is 0 Å². The van der Waals surface area contributed by atoms with Gasteiger partial charge in [0.2, 0.25) is 0 Å². The van der Waals surface area contributed by atoms with E-state index in [1.54, 1.807) is 0 Å². The molecular weight excluding hydrogens is 378 g/mol. The predicted octanol–water partition coefficient (Wildman–Crippen LogP) is 5.80. The first-order chi connectivity index (χ1) is 9.38. The molecule has 0 aliphatic carbocycles. The van der Waals surface area contributed by atoms with Crippen LogP contribution in [-0.2, 0) is 5.54 Å². The van der Waals surface area contributed by atoms with Gasteiger partial charge in [-0.05, 0) is 56.2 Å². The Labute approximate surface area is 138 Å². The van der Waals surface area contributed by atoms with E-state index >= 15 is 0 Å². The van der Waals surface area contributed by atoms with Crippen LogP contribution >= 0.6 is 31.9 Å². The average Bonchev–Trinajstić information content (AvgIpc) is 2.39. The predicted molar refractivity (Wildman–Crippen MR) is 92.9 cm³/mol. The molecule has 0 spiro atoms. The molecule has 0 saturated carbocycles. The van der Waals surface area contributed by atoms with Crippen LogP contribution in [0.4, 0.5) is 0 Å². The van der Waals surface area contributed by atoms with E-state index < -0.39 is 0 Å². The van der Waals surface area contributed by atoms with Gasteiger partial charge in [0, 0.05) is 20.5 Å². The van der Waals surface area contributed by atoms with E-state index in [4.69, 9.17) is 0 Å². The molecule has 0 aliphatic rings. The van der Waals surface area contributed by atoms with E-state index in [1.807, 2.05) is 0 Å². The van der Waals surface area contributed by atoms with Crippen LogP contribution in [0.3, 0.4) is 0 Å². The van der Waals surface area contributed by atoms with Gasteiger partial charge in [-0.25, -0.2) is 0 Å². The summed E-state index contributed by atoms with van der Waals surface area (Å²) in [7, 11) is 0. The fourth-order valence-corrected chi connectivity index (χ4v) is 2.85. The highest BCUT2D eigenvalue weighted by Crippen LogP contribution is 2.26. The summed E-state index contributed by atoms with van der Waals surface area (Å²) in [5.41, 5.74) is 2.50. The summed E-state index contributed by atoms with van der Waals surface area (Å²) in [5.74, 6) is 0. The van der Waals surface area contributed by atoms with Gasteiger partial charge < -0.3 is 5.32 Å². The maximum absolute atomic E-state index is 3.70. The molecule has 1 nitrogen and oxygen atoms in total. The number of hydrogen-bond acceptors (Lipinski definition) is 1. The second kappa shape index (κ2) is 6.42. The van der Waals surface area contributed by atoms with Gasteiger partial charge in [0.25, 0.3) is 0 Å². The van der Waals surface area contributed by atoms with Crippen molar-refractivity contribution in [3.8, 4) is 0 Å². The number of hydrogen-bond donors (Lipinski definition) is 1. The van der Waals surface area contributed by atoms with Gasteiger partial charge in [-0.3, -0.25) is 0 Å². The molecule has 106 valence electrons. The minimum atomic E-state index is -0.0762. The van der Waals surface area contributed by atoms with Gasteiger partial charge in [-0.2, -0.15) is 0 Å². The van der Waals surface area contributed by atoms with Gasteiger partial charge in [-0.1, -0.05) is 56.1 Å².